The van der Waals surface area contributed by atoms with E-state index < -0.39 is 0 Å². The molecule has 2 N–H and O–H groups in total. The lowest BCUT2D eigenvalue weighted by atomic mass is 10.0. The number of aromatic nitrogens is 1. The number of H-pyrrole nitrogens is 1. The normalized spacial score (nSPS) is 10.1. The van der Waals surface area contributed by atoms with E-state index in [1.54, 1.807) is 18.2 Å². The van der Waals surface area contributed by atoms with Crippen LogP contribution in [0.15, 0.2) is 35.3 Å². The maximum absolute atomic E-state index is 11.1. The van der Waals surface area contributed by atoms with Crippen LogP contribution in [0.3, 0.4) is 0 Å². The topological polar surface area (TPSA) is 71.5 Å². The first-order valence-corrected chi connectivity index (χ1v) is 5.30. The lowest BCUT2D eigenvalue weighted by molar-refractivity contribution is 0.396. The van der Waals surface area contributed by atoms with Crippen LogP contribution in [0.1, 0.15) is 0 Å². The third kappa shape index (κ3) is 2.02. The lowest BCUT2D eigenvalue weighted by Crippen LogP contribution is -2.03. The van der Waals surface area contributed by atoms with Crippen molar-refractivity contribution in [1.29, 1.82) is 0 Å². The van der Waals surface area contributed by atoms with Crippen LogP contribution in [0.25, 0.3) is 11.1 Å². The molecule has 0 fully saturated rings. The molecule has 1 aromatic heterocycles. The van der Waals surface area contributed by atoms with Gasteiger partial charge in [-0.3, -0.25) is 4.79 Å². The maximum Gasteiger partial charge on any atom is 0.251 e. The fourth-order valence-electron chi connectivity index (χ4n) is 1.78. The third-order valence-electron chi connectivity index (χ3n) is 2.60. The Labute approximate surface area is 104 Å². The van der Waals surface area contributed by atoms with Crippen molar-refractivity contribution in [3.8, 4) is 28.4 Å². The Morgan fingerprint density at radius 3 is 2.28 bits per heavy atom. The Morgan fingerprint density at radius 1 is 1.17 bits per heavy atom. The molecular formula is C13H13NO4. The summed E-state index contributed by atoms with van der Waals surface area (Å²) in [7, 11) is 3.06. The second-order valence-electron chi connectivity index (χ2n) is 3.63. The largest absolute Gasteiger partial charge is 0.507 e. The first-order chi connectivity index (χ1) is 8.67. The number of ether oxygens (including phenoxy) is 2. The highest BCUT2D eigenvalue weighted by molar-refractivity contribution is 5.80. The predicted molar refractivity (Wildman–Crippen MR) is 67.3 cm³/mol. The average molecular weight is 247 g/mol. The molecule has 18 heavy (non-hydrogen) atoms. The number of aromatic hydroxyl groups is 1. The van der Waals surface area contributed by atoms with Gasteiger partial charge in [0.05, 0.1) is 19.8 Å². The highest BCUT2D eigenvalue weighted by Crippen LogP contribution is 2.41. The smallest absolute Gasteiger partial charge is 0.251 e. The molecule has 0 aliphatic rings. The lowest BCUT2D eigenvalue weighted by Gasteiger charge is -2.13. The number of benzene rings is 1. The van der Waals surface area contributed by atoms with E-state index in [-0.39, 0.29) is 11.3 Å². The van der Waals surface area contributed by atoms with Crippen LogP contribution in [-0.4, -0.2) is 24.3 Å². The molecule has 0 amide bonds. The van der Waals surface area contributed by atoms with E-state index in [2.05, 4.69) is 4.98 Å². The van der Waals surface area contributed by atoms with Gasteiger partial charge in [0.15, 0.2) is 0 Å². The van der Waals surface area contributed by atoms with E-state index in [9.17, 15) is 9.90 Å². The molecule has 0 atom stereocenters. The molecule has 5 heteroatoms. The minimum atomic E-state index is -0.370. The molecule has 1 heterocycles. The molecule has 1 aromatic carbocycles. The summed E-state index contributed by atoms with van der Waals surface area (Å²) < 4.78 is 10.5. The molecule has 5 nitrogen and oxygen atoms in total. The van der Waals surface area contributed by atoms with Crippen molar-refractivity contribution in [2.45, 2.75) is 0 Å². The van der Waals surface area contributed by atoms with Gasteiger partial charge in [-0.25, -0.2) is 0 Å². The van der Waals surface area contributed by atoms with Crippen LogP contribution in [0.2, 0.25) is 0 Å². The van der Waals surface area contributed by atoms with Crippen molar-refractivity contribution in [2.24, 2.45) is 0 Å². The van der Waals surface area contributed by atoms with Crippen molar-refractivity contribution in [3.63, 3.8) is 0 Å². The van der Waals surface area contributed by atoms with E-state index in [4.69, 9.17) is 9.47 Å². The molecule has 0 bridgehead atoms. The van der Waals surface area contributed by atoms with E-state index in [0.29, 0.717) is 22.6 Å². The summed E-state index contributed by atoms with van der Waals surface area (Å²) in [6.45, 7) is 0. The third-order valence-corrected chi connectivity index (χ3v) is 2.60. The quantitative estimate of drug-likeness (QED) is 0.867. The van der Waals surface area contributed by atoms with Crippen molar-refractivity contribution < 1.29 is 14.6 Å². The summed E-state index contributed by atoms with van der Waals surface area (Å²) in [6, 6.07) is 6.40. The molecule has 0 saturated carbocycles. The molecule has 0 spiro atoms. The van der Waals surface area contributed by atoms with E-state index >= 15 is 0 Å². The molecule has 2 aromatic rings. The Hall–Kier alpha value is -2.43. The standard InChI is InChI=1S/C13H13NO4/c1-17-10-4-3-5-11(18-2)13(10)8-7-14-12(16)6-9(8)15/h3-7H,1-2H3,(H2,14,15,16). The van der Waals surface area contributed by atoms with Gasteiger partial charge in [0.1, 0.15) is 17.2 Å². The van der Waals surface area contributed by atoms with Gasteiger partial charge >= 0.3 is 0 Å². The Bertz CT molecular complexity index is 596. The summed E-state index contributed by atoms with van der Waals surface area (Å²) in [5.41, 5.74) is 0.672. The van der Waals surface area contributed by atoms with Gasteiger partial charge in [-0.1, -0.05) is 6.07 Å². The number of hydrogen-bond donors (Lipinski definition) is 2. The van der Waals surface area contributed by atoms with E-state index in [1.165, 1.54) is 20.4 Å². The molecule has 2 rings (SSSR count). The van der Waals surface area contributed by atoms with Crippen molar-refractivity contribution in [1.82, 2.24) is 4.98 Å². The number of aromatic amines is 1. The first-order valence-electron chi connectivity index (χ1n) is 5.30. The zero-order chi connectivity index (χ0) is 13.1. The molecule has 0 radical (unpaired) electrons. The molecule has 0 unspecified atom stereocenters. The Morgan fingerprint density at radius 2 is 1.78 bits per heavy atom. The molecular weight excluding hydrogens is 234 g/mol. The molecule has 94 valence electrons. The summed E-state index contributed by atoms with van der Waals surface area (Å²) >= 11 is 0. The molecule has 0 aliphatic heterocycles. The fraction of sp³-hybridized carbons (Fsp3) is 0.154. The van der Waals surface area contributed by atoms with Crippen LogP contribution in [0.5, 0.6) is 17.2 Å². The molecule has 0 aliphatic carbocycles. The monoisotopic (exact) mass is 247 g/mol. The van der Waals surface area contributed by atoms with Crippen molar-refractivity contribution >= 4 is 0 Å². The van der Waals surface area contributed by atoms with Gasteiger partial charge in [0.25, 0.3) is 5.56 Å². The predicted octanol–water partition coefficient (Wildman–Crippen LogP) is 1.76. The van der Waals surface area contributed by atoms with Crippen molar-refractivity contribution in [3.05, 3.63) is 40.8 Å². The van der Waals surface area contributed by atoms with Gasteiger partial charge in [-0.05, 0) is 12.1 Å². The molecule has 0 saturated heterocycles. The minimum Gasteiger partial charge on any atom is -0.507 e. The zero-order valence-corrected chi connectivity index (χ0v) is 10.1. The number of hydrogen-bond acceptors (Lipinski definition) is 4. The Kier molecular flexibility index (Phi) is 3.23. The maximum atomic E-state index is 11.1. The summed E-state index contributed by atoms with van der Waals surface area (Å²) in [5, 5.41) is 9.85. The van der Waals surface area contributed by atoms with Crippen LogP contribution in [0, 0.1) is 0 Å². The van der Waals surface area contributed by atoms with Crippen molar-refractivity contribution in [2.75, 3.05) is 14.2 Å². The number of pyridine rings is 1. The summed E-state index contributed by atoms with van der Waals surface area (Å²) in [5.74, 6) is 0.981. The van der Waals surface area contributed by atoms with Gasteiger partial charge in [0, 0.05) is 17.8 Å². The average Bonchev–Trinajstić information content (AvgIpc) is 2.38. The number of methoxy groups -OCH3 is 2. The second kappa shape index (κ2) is 4.83. The van der Waals surface area contributed by atoms with Gasteiger partial charge in [0.2, 0.25) is 0 Å². The minimum absolute atomic E-state index is 0.124. The SMILES string of the molecule is COc1cccc(OC)c1-c1c[nH]c(=O)cc1O. The van der Waals surface area contributed by atoms with Crippen LogP contribution < -0.4 is 15.0 Å². The number of rotatable bonds is 3. The van der Waals surface area contributed by atoms with E-state index in [0.717, 1.165) is 6.07 Å². The summed E-state index contributed by atoms with van der Waals surface area (Å²) in [6.07, 6.45) is 1.43. The summed E-state index contributed by atoms with van der Waals surface area (Å²) in [4.78, 5) is 13.6. The second-order valence-corrected chi connectivity index (χ2v) is 3.63. The van der Waals surface area contributed by atoms with Crippen LogP contribution in [-0.2, 0) is 0 Å². The number of nitrogens with one attached hydrogen (secondary N) is 1. The van der Waals surface area contributed by atoms with E-state index in [1.807, 2.05) is 0 Å². The van der Waals surface area contributed by atoms with Gasteiger partial charge in [-0.15, -0.1) is 0 Å². The first kappa shape index (κ1) is 12.0. The Balaban J connectivity index is 2.72. The van der Waals surface area contributed by atoms with Gasteiger partial charge < -0.3 is 19.6 Å². The fourth-order valence-corrected chi connectivity index (χ4v) is 1.78. The highest BCUT2D eigenvalue weighted by Gasteiger charge is 2.15. The van der Waals surface area contributed by atoms with Crippen LogP contribution in [0.4, 0.5) is 0 Å². The van der Waals surface area contributed by atoms with Gasteiger partial charge in [-0.2, -0.15) is 0 Å². The zero-order valence-electron chi connectivity index (χ0n) is 10.1. The highest BCUT2D eigenvalue weighted by atomic mass is 16.5. The van der Waals surface area contributed by atoms with Crippen LogP contribution >= 0.6 is 0 Å².